The molecule has 0 aliphatic heterocycles. The van der Waals surface area contributed by atoms with Crippen LogP contribution in [-0.2, 0) is 9.24 Å². The highest BCUT2D eigenvalue weighted by atomic mass is 35.7. The van der Waals surface area contributed by atoms with E-state index in [-0.39, 0.29) is 6.04 Å². The van der Waals surface area contributed by atoms with E-state index >= 15 is 0 Å². The number of hydrogen-bond acceptors (Lipinski definition) is 2. The zero-order valence-electron chi connectivity index (χ0n) is 5.39. The molecule has 0 saturated carbocycles. The topological polar surface area (TPSA) is 46.2 Å². The van der Waals surface area contributed by atoms with E-state index in [1.807, 2.05) is 6.92 Å². The summed E-state index contributed by atoms with van der Waals surface area (Å²) in [7, 11) is 1.35. The molecule has 0 bridgehead atoms. The van der Waals surface area contributed by atoms with Crippen LogP contribution in [0.5, 0.6) is 0 Å². The number of nitrogens with one attached hydrogen (secondary N) is 1. The molecular weight excluding hydrogens is 162 g/mol. The van der Waals surface area contributed by atoms with E-state index in [9.17, 15) is 8.42 Å². The summed E-state index contributed by atoms with van der Waals surface area (Å²) in [5, 5.41) is 0. The van der Waals surface area contributed by atoms with E-state index in [1.165, 1.54) is 0 Å². The Morgan fingerprint density at radius 3 is 2.22 bits per heavy atom. The maximum Gasteiger partial charge on any atom is 0.297 e. The maximum absolute atomic E-state index is 10.3. The van der Waals surface area contributed by atoms with E-state index in [0.717, 1.165) is 6.42 Å². The number of rotatable bonds is 3. The fourth-order valence-corrected chi connectivity index (χ4v) is 1.43. The van der Waals surface area contributed by atoms with Gasteiger partial charge in [0.1, 0.15) is 0 Å². The summed E-state index contributed by atoms with van der Waals surface area (Å²) in [6.07, 6.45) is 0.742. The zero-order chi connectivity index (χ0) is 7.49. The van der Waals surface area contributed by atoms with Gasteiger partial charge in [0.05, 0.1) is 0 Å². The molecule has 0 radical (unpaired) electrons. The van der Waals surface area contributed by atoms with E-state index < -0.39 is 9.24 Å². The number of hydrogen-bond donors (Lipinski definition) is 1. The van der Waals surface area contributed by atoms with Crippen LogP contribution in [0, 0.1) is 0 Å². The minimum absolute atomic E-state index is 0.0764. The van der Waals surface area contributed by atoms with Crippen LogP contribution >= 0.6 is 10.7 Å². The molecule has 0 heterocycles. The van der Waals surface area contributed by atoms with Crippen molar-refractivity contribution in [2.75, 3.05) is 0 Å². The molecule has 1 N–H and O–H groups in total. The van der Waals surface area contributed by atoms with Crippen LogP contribution in [0.2, 0.25) is 0 Å². The van der Waals surface area contributed by atoms with Gasteiger partial charge in [0, 0.05) is 16.7 Å². The first-order valence-electron chi connectivity index (χ1n) is 2.67. The molecule has 0 spiro atoms. The van der Waals surface area contributed by atoms with Crippen molar-refractivity contribution in [3.05, 3.63) is 0 Å². The predicted molar refractivity (Wildman–Crippen MR) is 37.7 cm³/mol. The van der Waals surface area contributed by atoms with Gasteiger partial charge >= 0.3 is 0 Å². The lowest BCUT2D eigenvalue weighted by Gasteiger charge is -2.05. The van der Waals surface area contributed by atoms with Gasteiger partial charge in [0.25, 0.3) is 9.24 Å². The Hall–Kier alpha value is 0.200. The predicted octanol–water partition coefficient (Wildman–Crippen LogP) is 0.858. The summed E-state index contributed by atoms with van der Waals surface area (Å²) in [5.74, 6) is 0. The highest BCUT2D eigenvalue weighted by Crippen LogP contribution is 1.95. The normalized spacial score (nSPS) is 15.4. The SMILES string of the molecule is CCC(C)NS(=O)(=O)Cl. The molecule has 0 aliphatic carbocycles. The molecule has 56 valence electrons. The molecule has 0 amide bonds. The van der Waals surface area contributed by atoms with Crippen molar-refractivity contribution in [1.82, 2.24) is 4.72 Å². The summed E-state index contributed by atoms with van der Waals surface area (Å²) in [6, 6.07) is -0.0764. The van der Waals surface area contributed by atoms with Gasteiger partial charge in [-0.15, -0.1) is 0 Å². The second-order valence-electron chi connectivity index (χ2n) is 1.86. The van der Waals surface area contributed by atoms with E-state index in [1.54, 1.807) is 6.92 Å². The molecule has 0 rings (SSSR count). The summed E-state index contributed by atoms with van der Waals surface area (Å²) in [6.45, 7) is 3.62. The second kappa shape index (κ2) is 3.39. The molecule has 0 aromatic carbocycles. The molecule has 1 unspecified atom stereocenters. The minimum Gasteiger partial charge on any atom is -0.199 e. The Morgan fingerprint density at radius 2 is 2.11 bits per heavy atom. The Morgan fingerprint density at radius 1 is 1.67 bits per heavy atom. The van der Waals surface area contributed by atoms with E-state index in [2.05, 4.69) is 4.72 Å². The van der Waals surface area contributed by atoms with Crippen molar-refractivity contribution in [3.8, 4) is 0 Å². The quantitative estimate of drug-likeness (QED) is 0.641. The van der Waals surface area contributed by atoms with Crippen molar-refractivity contribution in [3.63, 3.8) is 0 Å². The van der Waals surface area contributed by atoms with E-state index in [4.69, 9.17) is 10.7 Å². The Balaban J connectivity index is 3.75. The third kappa shape index (κ3) is 6.08. The van der Waals surface area contributed by atoms with Crippen LogP contribution in [0.15, 0.2) is 0 Å². The maximum atomic E-state index is 10.3. The fraction of sp³-hybridized carbons (Fsp3) is 1.00. The Kier molecular flexibility index (Phi) is 3.46. The van der Waals surface area contributed by atoms with Crippen LogP contribution in [0.4, 0.5) is 0 Å². The lowest BCUT2D eigenvalue weighted by Crippen LogP contribution is -2.27. The summed E-state index contributed by atoms with van der Waals surface area (Å²) in [4.78, 5) is 0. The average molecular weight is 172 g/mol. The summed E-state index contributed by atoms with van der Waals surface area (Å²) < 4.78 is 22.7. The minimum atomic E-state index is -3.51. The first kappa shape index (κ1) is 9.20. The average Bonchev–Trinajstić information content (AvgIpc) is 1.62. The van der Waals surface area contributed by atoms with Gasteiger partial charge in [0.2, 0.25) is 0 Å². The van der Waals surface area contributed by atoms with Crippen LogP contribution in [0.1, 0.15) is 20.3 Å². The first-order valence-corrected chi connectivity index (χ1v) is 4.98. The molecule has 0 aliphatic rings. The smallest absolute Gasteiger partial charge is 0.199 e. The molecule has 0 saturated heterocycles. The van der Waals surface area contributed by atoms with Crippen LogP contribution in [0.3, 0.4) is 0 Å². The van der Waals surface area contributed by atoms with Gasteiger partial charge in [-0.2, -0.15) is 13.1 Å². The standard InChI is InChI=1S/C4H10ClNO2S/c1-3-4(2)6-9(5,7)8/h4,6H,3H2,1-2H3. The van der Waals surface area contributed by atoms with Crippen molar-refractivity contribution in [1.29, 1.82) is 0 Å². The molecule has 0 aromatic heterocycles. The molecule has 3 nitrogen and oxygen atoms in total. The fourth-order valence-electron chi connectivity index (χ4n) is 0.324. The molecular formula is C4H10ClNO2S. The lowest BCUT2D eigenvalue weighted by atomic mass is 10.3. The molecule has 5 heteroatoms. The van der Waals surface area contributed by atoms with Crippen molar-refractivity contribution < 1.29 is 8.42 Å². The first-order chi connectivity index (χ1) is 3.95. The zero-order valence-corrected chi connectivity index (χ0v) is 6.96. The second-order valence-corrected chi connectivity index (χ2v) is 4.20. The monoisotopic (exact) mass is 171 g/mol. The van der Waals surface area contributed by atoms with Crippen LogP contribution in [0.25, 0.3) is 0 Å². The van der Waals surface area contributed by atoms with Gasteiger partial charge in [-0.1, -0.05) is 6.92 Å². The third-order valence-corrected chi connectivity index (χ3v) is 1.91. The van der Waals surface area contributed by atoms with Gasteiger partial charge in [0.15, 0.2) is 0 Å². The molecule has 9 heavy (non-hydrogen) atoms. The lowest BCUT2D eigenvalue weighted by molar-refractivity contribution is 0.569. The number of halogens is 1. The van der Waals surface area contributed by atoms with Crippen LogP contribution < -0.4 is 4.72 Å². The van der Waals surface area contributed by atoms with E-state index in [0.29, 0.717) is 0 Å². The molecule has 0 aromatic rings. The largest absolute Gasteiger partial charge is 0.297 e. The van der Waals surface area contributed by atoms with Gasteiger partial charge in [-0.3, -0.25) is 0 Å². The molecule has 1 atom stereocenters. The van der Waals surface area contributed by atoms with Gasteiger partial charge in [-0.25, -0.2) is 0 Å². The Bertz CT molecular complexity index is 165. The summed E-state index contributed by atoms with van der Waals surface area (Å²) in [5.41, 5.74) is 0. The van der Waals surface area contributed by atoms with Crippen molar-refractivity contribution in [2.45, 2.75) is 26.3 Å². The highest BCUT2D eigenvalue weighted by molar-refractivity contribution is 8.12. The highest BCUT2D eigenvalue weighted by Gasteiger charge is 2.06. The Labute approximate surface area is 60.0 Å². The van der Waals surface area contributed by atoms with Gasteiger partial charge in [-0.05, 0) is 13.3 Å². The van der Waals surface area contributed by atoms with Crippen molar-refractivity contribution >= 4 is 19.9 Å². The molecule has 0 fully saturated rings. The van der Waals surface area contributed by atoms with Gasteiger partial charge < -0.3 is 0 Å². The van der Waals surface area contributed by atoms with Crippen molar-refractivity contribution in [2.24, 2.45) is 0 Å². The third-order valence-electron chi connectivity index (χ3n) is 0.954. The summed E-state index contributed by atoms with van der Waals surface area (Å²) >= 11 is 0. The van der Waals surface area contributed by atoms with Crippen LogP contribution in [-0.4, -0.2) is 14.5 Å².